The molecule has 1 aromatic heterocycles. The summed E-state index contributed by atoms with van der Waals surface area (Å²) in [4.78, 5) is 16.7. The molecule has 1 heterocycles. The molecule has 0 aliphatic heterocycles. The van der Waals surface area contributed by atoms with Crippen molar-refractivity contribution in [3.05, 3.63) is 35.7 Å². The predicted octanol–water partition coefficient (Wildman–Crippen LogP) is 2.41. The van der Waals surface area contributed by atoms with Crippen molar-refractivity contribution in [1.82, 2.24) is 20.8 Å². The number of carbonyl (C=O) groups excluding carboxylic acids is 1. The van der Waals surface area contributed by atoms with Gasteiger partial charge in [-0.05, 0) is 19.2 Å². The second kappa shape index (κ2) is 8.08. The average Bonchev–Trinajstić information content (AvgIpc) is 2.97. The van der Waals surface area contributed by atoms with Crippen LogP contribution < -0.4 is 10.6 Å². The average molecular weight is 339 g/mol. The van der Waals surface area contributed by atoms with Gasteiger partial charge < -0.3 is 15.2 Å². The fourth-order valence-corrected chi connectivity index (χ4v) is 1.90. The van der Waals surface area contributed by atoms with Crippen LogP contribution >= 0.6 is 12.4 Å². The molecule has 0 unspecified atom stereocenters. The Bertz CT molecular complexity index is 650. The summed E-state index contributed by atoms with van der Waals surface area (Å²) in [6, 6.07) is 7.23. The minimum absolute atomic E-state index is 0. The topological polar surface area (TPSA) is 80.0 Å². The van der Waals surface area contributed by atoms with Crippen molar-refractivity contribution < 1.29 is 9.32 Å². The number of halogens is 1. The zero-order valence-corrected chi connectivity index (χ0v) is 14.7. The van der Waals surface area contributed by atoms with Gasteiger partial charge in [0.15, 0.2) is 5.82 Å². The molecule has 0 saturated carbocycles. The molecule has 23 heavy (non-hydrogen) atoms. The lowest BCUT2D eigenvalue weighted by molar-refractivity contribution is 0.0954. The van der Waals surface area contributed by atoms with Crippen molar-refractivity contribution in [2.75, 3.05) is 20.1 Å². The van der Waals surface area contributed by atoms with Gasteiger partial charge >= 0.3 is 0 Å². The standard InChI is InChI=1S/C16H22N4O2.ClH/c1-16(2,3)15-19-14(22-20-15)12-8-6-5-7-11(12)13(21)18-10-9-17-4;/h5-8,17H,9-10H2,1-4H3,(H,18,21);1H. The van der Waals surface area contributed by atoms with Crippen LogP contribution in [0.25, 0.3) is 11.5 Å². The van der Waals surface area contributed by atoms with E-state index in [1.165, 1.54) is 0 Å². The largest absolute Gasteiger partial charge is 0.351 e. The van der Waals surface area contributed by atoms with Crippen LogP contribution in [0.5, 0.6) is 0 Å². The quantitative estimate of drug-likeness (QED) is 0.818. The van der Waals surface area contributed by atoms with E-state index in [1.807, 2.05) is 46.0 Å². The maximum Gasteiger partial charge on any atom is 0.258 e. The minimum atomic E-state index is -0.203. The highest BCUT2D eigenvalue weighted by molar-refractivity contribution is 5.99. The number of benzene rings is 1. The zero-order valence-electron chi connectivity index (χ0n) is 13.8. The van der Waals surface area contributed by atoms with Crippen molar-refractivity contribution in [3.63, 3.8) is 0 Å². The van der Waals surface area contributed by atoms with Crippen LogP contribution in [-0.2, 0) is 5.41 Å². The number of likely N-dealkylation sites (N-methyl/N-ethyl adjacent to an activating group) is 1. The summed E-state index contributed by atoms with van der Waals surface area (Å²) < 4.78 is 5.34. The third kappa shape index (κ3) is 4.77. The summed E-state index contributed by atoms with van der Waals surface area (Å²) in [5.41, 5.74) is 0.973. The number of hydrogen-bond donors (Lipinski definition) is 2. The summed E-state index contributed by atoms with van der Waals surface area (Å²) in [7, 11) is 1.84. The van der Waals surface area contributed by atoms with Gasteiger partial charge in [0.25, 0.3) is 11.8 Å². The van der Waals surface area contributed by atoms with Crippen molar-refractivity contribution in [2.45, 2.75) is 26.2 Å². The van der Waals surface area contributed by atoms with E-state index in [-0.39, 0.29) is 23.7 Å². The number of aromatic nitrogens is 2. The second-order valence-electron chi connectivity index (χ2n) is 6.08. The van der Waals surface area contributed by atoms with Crippen LogP contribution in [0.15, 0.2) is 28.8 Å². The lowest BCUT2D eigenvalue weighted by Crippen LogP contribution is -2.30. The van der Waals surface area contributed by atoms with E-state index >= 15 is 0 Å². The Morgan fingerprint density at radius 1 is 1.22 bits per heavy atom. The Hall–Kier alpha value is -1.92. The molecule has 7 heteroatoms. The first kappa shape index (κ1) is 19.1. The van der Waals surface area contributed by atoms with E-state index in [2.05, 4.69) is 20.8 Å². The first-order chi connectivity index (χ1) is 10.4. The highest BCUT2D eigenvalue weighted by atomic mass is 35.5. The molecule has 0 aliphatic carbocycles. The first-order valence-electron chi connectivity index (χ1n) is 7.30. The van der Waals surface area contributed by atoms with Crippen molar-refractivity contribution in [2.24, 2.45) is 0 Å². The number of nitrogens with one attached hydrogen (secondary N) is 2. The Kier molecular flexibility index (Phi) is 6.72. The van der Waals surface area contributed by atoms with Crippen LogP contribution in [0, 0.1) is 0 Å². The lowest BCUT2D eigenvalue weighted by Gasteiger charge is -2.11. The normalized spacial score (nSPS) is 11.0. The summed E-state index contributed by atoms with van der Waals surface area (Å²) >= 11 is 0. The van der Waals surface area contributed by atoms with Crippen molar-refractivity contribution >= 4 is 18.3 Å². The summed E-state index contributed by atoms with van der Waals surface area (Å²) in [5.74, 6) is 0.832. The summed E-state index contributed by atoms with van der Waals surface area (Å²) in [6.07, 6.45) is 0. The zero-order chi connectivity index (χ0) is 16.2. The Balaban J connectivity index is 0.00000264. The fraction of sp³-hybridized carbons (Fsp3) is 0.438. The molecule has 0 spiro atoms. The number of nitrogens with zero attached hydrogens (tertiary/aromatic N) is 2. The molecule has 0 fully saturated rings. The molecule has 1 amide bonds. The first-order valence-corrected chi connectivity index (χ1v) is 7.30. The summed E-state index contributed by atoms with van der Waals surface area (Å²) in [5, 5.41) is 9.85. The van der Waals surface area contributed by atoms with Crippen molar-refractivity contribution in [1.29, 1.82) is 0 Å². The SMILES string of the molecule is CNCCNC(=O)c1ccccc1-c1nc(C(C)(C)C)no1.Cl. The highest BCUT2D eigenvalue weighted by Crippen LogP contribution is 2.25. The second-order valence-corrected chi connectivity index (χ2v) is 6.08. The number of hydrogen-bond acceptors (Lipinski definition) is 5. The van der Waals surface area contributed by atoms with Crippen LogP contribution in [0.4, 0.5) is 0 Å². The number of carbonyl (C=O) groups is 1. The van der Waals surface area contributed by atoms with E-state index in [0.717, 1.165) is 0 Å². The van der Waals surface area contributed by atoms with Gasteiger partial charge in [-0.15, -0.1) is 12.4 Å². The molecular formula is C16H23ClN4O2. The number of amides is 1. The van der Waals surface area contributed by atoms with Crippen LogP contribution in [0.2, 0.25) is 0 Å². The van der Waals surface area contributed by atoms with Gasteiger partial charge in [-0.1, -0.05) is 38.1 Å². The van der Waals surface area contributed by atoms with Crippen molar-refractivity contribution in [3.8, 4) is 11.5 Å². The van der Waals surface area contributed by atoms with Gasteiger partial charge in [-0.3, -0.25) is 4.79 Å². The van der Waals surface area contributed by atoms with Crippen LogP contribution in [0.3, 0.4) is 0 Å². The van der Waals surface area contributed by atoms with Gasteiger partial charge in [-0.2, -0.15) is 4.98 Å². The molecular weight excluding hydrogens is 316 g/mol. The molecule has 2 aromatic rings. The number of rotatable bonds is 5. The molecule has 6 nitrogen and oxygen atoms in total. The van der Waals surface area contributed by atoms with E-state index < -0.39 is 0 Å². The molecule has 0 aliphatic rings. The van der Waals surface area contributed by atoms with Gasteiger partial charge in [0.2, 0.25) is 0 Å². The van der Waals surface area contributed by atoms with E-state index in [1.54, 1.807) is 6.07 Å². The third-order valence-electron chi connectivity index (χ3n) is 3.16. The highest BCUT2D eigenvalue weighted by Gasteiger charge is 2.23. The Labute approximate surface area is 142 Å². The molecule has 2 rings (SSSR count). The molecule has 0 radical (unpaired) electrons. The van der Waals surface area contributed by atoms with Crippen LogP contribution in [-0.4, -0.2) is 36.2 Å². The van der Waals surface area contributed by atoms with E-state index in [9.17, 15) is 4.79 Å². The van der Waals surface area contributed by atoms with Gasteiger partial charge in [0.1, 0.15) is 0 Å². The van der Waals surface area contributed by atoms with Gasteiger partial charge in [0, 0.05) is 18.5 Å². The van der Waals surface area contributed by atoms with Gasteiger partial charge in [-0.25, -0.2) is 0 Å². The Morgan fingerprint density at radius 2 is 1.91 bits per heavy atom. The Morgan fingerprint density at radius 3 is 2.52 bits per heavy atom. The summed E-state index contributed by atoms with van der Waals surface area (Å²) in [6.45, 7) is 7.30. The molecule has 0 bridgehead atoms. The predicted molar refractivity (Wildman–Crippen MR) is 91.9 cm³/mol. The third-order valence-corrected chi connectivity index (χ3v) is 3.16. The molecule has 1 aromatic carbocycles. The molecule has 126 valence electrons. The maximum absolute atomic E-state index is 12.3. The maximum atomic E-state index is 12.3. The van der Waals surface area contributed by atoms with Crippen LogP contribution in [0.1, 0.15) is 37.0 Å². The van der Waals surface area contributed by atoms with E-state index in [4.69, 9.17) is 4.52 Å². The fourth-order valence-electron chi connectivity index (χ4n) is 1.90. The molecule has 0 saturated heterocycles. The monoisotopic (exact) mass is 338 g/mol. The van der Waals surface area contributed by atoms with Gasteiger partial charge in [0.05, 0.1) is 11.1 Å². The lowest BCUT2D eigenvalue weighted by atomic mass is 9.96. The molecule has 0 atom stereocenters. The smallest absolute Gasteiger partial charge is 0.258 e. The minimum Gasteiger partial charge on any atom is -0.351 e. The van der Waals surface area contributed by atoms with E-state index in [0.29, 0.717) is 35.9 Å². The molecule has 2 N–H and O–H groups in total.